The van der Waals surface area contributed by atoms with E-state index in [0.29, 0.717) is 26.1 Å². The Morgan fingerprint density at radius 2 is 1.59 bits per heavy atom. The molecule has 168 valence electrons. The van der Waals surface area contributed by atoms with Gasteiger partial charge in [0.2, 0.25) is 5.91 Å². The van der Waals surface area contributed by atoms with Crippen molar-refractivity contribution < 1.29 is 23.9 Å². The lowest BCUT2D eigenvalue weighted by Crippen LogP contribution is -2.46. The van der Waals surface area contributed by atoms with Crippen LogP contribution in [0.5, 0.6) is 0 Å². The van der Waals surface area contributed by atoms with Gasteiger partial charge in [-0.2, -0.15) is 0 Å². The van der Waals surface area contributed by atoms with Gasteiger partial charge in [-0.15, -0.1) is 0 Å². The third-order valence-corrected chi connectivity index (χ3v) is 6.06. The minimum absolute atomic E-state index is 0.157. The molecule has 3 atom stereocenters. The van der Waals surface area contributed by atoms with Crippen molar-refractivity contribution >= 4 is 18.0 Å². The summed E-state index contributed by atoms with van der Waals surface area (Å²) in [6.45, 7) is 3.58. The number of rotatable bonds is 7. The molecule has 0 aromatic heterocycles. The molecule has 2 saturated heterocycles. The monoisotopic (exact) mass is 436 g/mol. The predicted molar refractivity (Wildman–Crippen MR) is 117 cm³/mol. The van der Waals surface area contributed by atoms with Crippen LogP contribution in [0.3, 0.4) is 0 Å². The second kappa shape index (κ2) is 9.96. The van der Waals surface area contributed by atoms with Crippen LogP contribution in [0, 0.1) is 11.8 Å². The number of amides is 2. The number of benzene rings is 2. The molecule has 2 aromatic rings. The Bertz CT molecular complexity index is 949. The van der Waals surface area contributed by atoms with Gasteiger partial charge >= 0.3 is 12.1 Å². The molecule has 0 saturated carbocycles. The third-order valence-electron chi connectivity index (χ3n) is 6.06. The van der Waals surface area contributed by atoms with Gasteiger partial charge in [-0.05, 0) is 24.5 Å². The number of cyclic esters (lactones) is 1. The average Bonchev–Trinajstić information content (AvgIpc) is 3.38. The minimum Gasteiger partial charge on any atom is -0.466 e. The summed E-state index contributed by atoms with van der Waals surface area (Å²) < 4.78 is 10.5. The summed E-state index contributed by atoms with van der Waals surface area (Å²) in [5.41, 5.74) is 2.12. The molecule has 0 aliphatic carbocycles. The van der Waals surface area contributed by atoms with Gasteiger partial charge in [-0.25, -0.2) is 9.69 Å². The fraction of sp³-hybridized carbons (Fsp3) is 0.400. The highest BCUT2D eigenvalue weighted by molar-refractivity contribution is 5.97. The SMILES string of the molecule is CCOC(=O)[C@H]1CN(Cc2ccccc2)C[C@H]1C(=O)N1C(=O)OC[C@@H]1Cc1ccccc1. The van der Waals surface area contributed by atoms with Crippen LogP contribution in [0.15, 0.2) is 60.7 Å². The van der Waals surface area contributed by atoms with Crippen molar-refractivity contribution in [2.75, 3.05) is 26.3 Å². The number of ether oxygens (including phenoxy) is 2. The summed E-state index contributed by atoms with van der Waals surface area (Å²) in [6.07, 6.45) is -0.122. The van der Waals surface area contributed by atoms with E-state index in [9.17, 15) is 14.4 Å². The van der Waals surface area contributed by atoms with E-state index in [1.165, 1.54) is 4.90 Å². The van der Waals surface area contributed by atoms with Gasteiger partial charge in [-0.1, -0.05) is 60.7 Å². The van der Waals surface area contributed by atoms with Crippen molar-refractivity contribution in [3.8, 4) is 0 Å². The molecule has 2 aliphatic rings. The first-order valence-corrected chi connectivity index (χ1v) is 11.0. The summed E-state index contributed by atoms with van der Waals surface area (Å²) in [4.78, 5) is 42.1. The lowest BCUT2D eigenvalue weighted by Gasteiger charge is -2.25. The van der Waals surface area contributed by atoms with Gasteiger partial charge in [0, 0.05) is 19.6 Å². The standard InChI is InChI=1S/C25H28N2O5/c1-2-31-24(29)22-16-26(14-19-11-7-4-8-12-19)15-21(22)23(28)27-20(17-32-25(27)30)13-18-9-5-3-6-10-18/h3-12,20-22H,2,13-17H2,1H3/t20-,21+,22-/m0/s1. The number of likely N-dealkylation sites (tertiary alicyclic amines) is 1. The minimum atomic E-state index is -0.651. The van der Waals surface area contributed by atoms with Gasteiger partial charge in [-0.3, -0.25) is 14.5 Å². The zero-order chi connectivity index (χ0) is 22.5. The van der Waals surface area contributed by atoms with Crippen LogP contribution < -0.4 is 0 Å². The van der Waals surface area contributed by atoms with Crippen molar-refractivity contribution in [2.24, 2.45) is 11.8 Å². The number of imide groups is 1. The molecular weight excluding hydrogens is 408 g/mol. The zero-order valence-electron chi connectivity index (χ0n) is 18.2. The van der Waals surface area contributed by atoms with E-state index >= 15 is 0 Å². The summed E-state index contributed by atoms with van der Waals surface area (Å²) in [5, 5.41) is 0. The molecule has 2 aromatic carbocycles. The highest BCUT2D eigenvalue weighted by Crippen LogP contribution is 2.30. The van der Waals surface area contributed by atoms with Crippen molar-refractivity contribution in [2.45, 2.75) is 25.9 Å². The Labute approximate surface area is 187 Å². The quantitative estimate of drug-likeness (QED) is 0.622. The van der Waals surface area contributed by atoms with Crippen LogP contribution in [0.2, 0.25) is 0 Å². The number of esters is 1. The highest BCUT2D eigenvalue weighted by atomic mass is 16.6. The van der Waals surface area contributed by atoms with Crippen LogP contribution in [0.25, 0.3) is 0 Å². The molecule has 7 nitrogen and oxygen atoms in total. The van der Waals surface area contributed by atoms with Crippen LogP contribution in [-0.2, 0) is 32.0 Å². The molecule has 2 amide bonds. The van der Waals surface area contributed by atoms with Gasteiger partial charge in [0.05, 0.1) is 24.5 Å². The number of nitrogens with zero attached hydrogens (tertiary/aromatic N) is 2. The maximum Gasteiger partial charge on any atom is 0.416 e. The first-order valence-electron chi connectivity index (χ1n) is 11.0. The predicted octanol–water partition coefficient (Wildman–Crippen LogP) is 2.89. The van der Waals surface area contributed by atoms with Gasteiger partial charge < -0.3 is 9.47 Å². The molecule has 0 bridgehead atoms. The Kier molecular flexibility index (Phi) is 6.85. The fourth-order valence-electron chi connectivity index (χ4n) is 4.54. The van der Waals surface area contributed by atoms with E-state index in [4.69, 9.17) is 9.47 Å². The van der Waals surface area contributed by atoms with Crippen LogP contribution in [-0.4, -0.2) is 60.1 Å². The molecular formula is C25H28N2O5. The maximum atomic E-state index is 13.6. The van der Waals surface area contributed by atoms with E-state index in [-0.39, 0.29) is 25.2 Å². The van der Waals surface area contributed by atoms with Crippen LogP contribution in [0.1, 0.15) is 18.1 Å². The third kappa shape index (κ3) is 4.83. The van der Waals surface area contributed by atoms with Gasteiger partial charge in [0.25, 0.3) is 0 Å². The summed E-state index contributed by atoms with van der Waals surface area (Å²) in [6, 6.07) is 19.2. The molecule has 2 aliphatic heterocycles. The summed E-state index contributed by atoms with van der Waals surface area (Å²) >= 11 is 0. The number of carbonyl (C=O) groups excluding carboxylic acids is 3. The number of carbonyl (C=O) groups is 3. The largest absolute Gasteiger partial charge is 0.466 e. The molecule has 0 N–H and O–H groups in total. The van der Waals surface area contributed by atoms with Crippen molar-refractivity contribution in [1.82, 2.24) is 9.80 Å². The summed E-state index contributed by atoms with van der Waals surface area (Å²) in [7, 11) is 0. The average molecular weight is 437 g/mol. The molecule has 2 heterocycles. The van der Waals surface area contributed by atoms with Crippen LogP contribution in [0.4, 0.5) is 4.79 Å². The Hall–Kier alpha value is -3.19. The summed E-state index contributed by atoms with van der Waals surface area (Å²) in [5.74, 6) is -2.02. The van der Waals surface area contributed by atoms with Gasteiger partial charge in [0.15, 0.2) is 0 Å². The van der Waals surface area contributed by atoms with Crippen molar-refractivity contribution in [3.63, 3.8) is 0 Å². The molecule has 7 heteroatoms. The molecule has 4 rings (SSSR count). The normalized spacial score (nSPS) is 23.2. The Morgan fingerprint density at radius 3 is 2.25 bits per heavy atom. The second-order valence-electron chi connectivity index (χ2n) is 8.27. The number of hydrogen-bond donors (Lipinski definition) is 0. The second-order valence-corrected chi connectivity index (χ2v) is 8.27. The van der Waals surface area contributed by atoms with E-state index in [0.717, 1.165) is 11.1 Å². The van der Waals surface area contributed by atoms with E-state index in [1.807, 2.05) is 60.7 Å². The van der Waals surface area contributed by atoms with E-state index < -0.39 is 23.9 Å². The molecule has 32 heavy (non-hydrogen) atoms. The Morgan fingerprint density at radius 1 is 0.969 bits per heavy atom. The number of hydrogen-bond acceptors (Lipinski definition) is 6. The lowest BCUT2D eigenvalue weighted by atomic mass is 9.93. The highest BCUT2D eigenvalue weighted by Gasteiger charge is 2.48. The maximum absolute atomic E-state index is 13.6. The topological polar surface area (TPSA) is 76.2 Å². The van der Waals surface area contributed by atoms with Crippen LogP contribution >= 0.6 is 0 Å². The molecule has 0 radical (unpaired) electrons. The molecule has 2 fully saturated rings. The van der Waals surface area contributed by atoms with E-state index in [1.54, 1.807) is 6.92 Å². The molecule has 0 spiro atoms. The van der Waals surface area contributed by atoms with E-state index in [2.05, 4.69) is 4.90 Å². The first-order chi connectivity index (χ1) is 15.6. The Balaban J connectivity index is 1.52. The zero-order valence-corrected chi connectivity index (χ0v) is 18.2. The van der Waals surface area contributed by atoms with Crippen molar-refractivity contribution in [1.29, 1.82) is 0 Å². The smallest absolute Gasteiger partial charge is 0.416 e. The molecule has 0 unspecified atom stereocenters. The fourth-order valence-corrected chi connectivity index (χ4v) is 4.54. The van der Waals surface area contributed by atoms with Crippen molar-refractivity contribution in [3.05, 3.63) is 71.8 Å². The first kappa shape index (κ1) is 22.0. The lowest BCUT2D eigenvalue weighted by molar-refractivity contribution is -0.152. The van der Waals surface area contributed by atoms with Gasteiger partial charge in [0.1, 0.15) is 6.61 Å².